The number of anilines is 1. The monoisotopic (exact) mass is 286 g/mol. The lowest BCUT2D eigenvalue weighted by Gasteiger charge is -2.36. The lowest BCUT2D eigenvalue weighted by atomic mass is 10.2. The fourth-order valence-corrected chi connectivity index (χ4v) is 2.59. The highest BCUT2D eigenvalue weighted by atomic mass is 35.5. The fraction of sp³-hybridized carbons (Fsp3) is 0.692. The van der Waals surface area contributed by atoms with Crippen LogP contribution < -0.4 is 4.90 Å². The molecule has 106 valence electrons. The molecule has 0 radical (unpaired) electrons. The zero-order valence-electron chi connectivity index (χ0n) is 11.7. The topological polar surface area (TPSA) is 32.3 Å². The second-order valence-electron chi connectivity index (χ2n) is 5.38. The van der Waals surface area contributed by atoms with Crippen molar-refractivity contribution in [3.8, 4) is 0 Å². The second kappa shape index (κ2) is 6.01. The van der Waals surface area contributed by atoms with Crippen molar-refractivity contribution in [1.82, 2.24) is 14.9 Å². The molecule has 0 N–H and O–H groups in total. The molecule has 0 atom stereocenters. The van der Waals surface area contributed by atoms with Gasteiger partial charge >= 0.3 is 0 Å². The average Bonchev–Trinajstić information content (AvgIpc) is 2.34. The molecule has 1 fully saturated rings. The van der Waals surface area contributed by atoms with Crippen molar-refractivity contribution >= 4 is 17.4 Å². The number of piperazine rings is 1. The van der Waals surface area contributed by atoms with Crippen LogP contribution in [0.1, 0.15) is 19.7 Å². The third-order valence-corrected chi connectivity index (χ3v) is 3.45. The first-order valence-electron chi connectivity index (χ1n) is 6.64. The summed E-state index contributed by atoms with van der Waals surface area (Å²) in [4.78, 5) is 12.4. The van der Waals surface area contributed by atoms with Gasteiger partial charge in [0.05, 0.1) is 0 Å². The zero-order valence-corrected chi connectivity index (χ0v) is 12.4. The Labute approximate surface area is 118 Å². The van der Waals surface area contributed by atoms with Crippen LogP contribution >= 0.6 is 11.6 Å². The van der Waals surface area contributed by atoms with Gasteiger partial charge < -0.3 is 4.90 Å². The predicted octanol–water partition coefficient (Wildman–Crippen LogP) is 2.36. The summed E-state index contributed by atoms with van der Waals surface area (Å²) in [5.41, 5.74) is 0. The third-order valence-electron chi connectivity index (χ3n) is 3.20. The van der Waals surface area contributed by atoms with Crippen molar-refractivity contribution in [2.45, 2.75) is 20.8 Å². The van der Waals surface area contributed by atoms with Crippen LogP contribution in [0, 0.1) is 18.7 Å². The van der Waals surface area contributed by atoms with E-state index in [4.69, 9.17) is 11.6 Å². The first-order chi connectivity index (χ1) is 8.97. The van der Waals surface area contributed by atoms with Gasteiger partial charge in [0.1, 0.15) is 5.82 Å². The van der Waals surface area contributed by atoms with E-state index in [-0.39, 0.29) is 5.15 Å². The summed E-state index contributed by atoms with van der Waals surface area (Å²) >= 11 is 5.77. The van der Waals surface area contributed by atoms with Crippen molar-refractivity contribution in [3.63, 3.8) is 0 Å². The molecule has 0 unspecified atom stereocenters. The molecule has 1 aromatic rings. The molecule has 2 heterocycles. The smallest absolute Gasteiger partial charge is 0.202 e. The Morgan fingerprint density at radius 3 is 2.42 bits per heavy atom. The Hall–Kier alpha value is -0.940. The van der Waals surface area contributed by atoms with Crippen molar-refractivity contribution < 1.29 is 4.39 Å². The summed E-state index contributed by atoms with van der Waals surface area (Å²) in [6.45, 7) is 10.6. The van der Waals surface area contributed by atoms with Crippen LogP contribution in [0.25, 0.3) is 0 Å². The highest BCUT2D eigenvalue weighted by molar-refractivity contribution is 6.29. The Bertz CT molecular complexity index is 445. The van der Waals surface area contributed by atoms with Crippen molar-refractivity contribution in [2.75, 3.05) is 37.6 Å². The third kappa shape index (κ3) is 3.54. The first kappa shape index (κ1) is 14.5. The van der Waals surface area contributed by atoms with Gasteiger partial charge in [0.2, 0.25) is 5.82 Å². The molecule has 0 aromatic carbocycles. The fourth-order valence-electron chi connectivity index (χ4n) is 2.38. The minimum Gasteiger partial charge on any atom is -0.351 e. The number of halogens is 2. The lowest BCUT2D eigenvalue weighted by molar-refractivity contribution is 0.230. The molecule has 1 aliphatic heterocycles. The van der Waals surface area contributed by atoms with Gasteiger partial charge in [-0.05, 0) is 12.8 Å². The Kier molecular flexibility index (Phi) is 4.58. The molecule has 0 aliphatic carbocycles. The van der Waals surface area contributed by atoms with Crippen LogP contribution in [0.15, 0.2) is 0 Å². The summed E-state index contributed by atoms with van der Waals surface area (Å²) in [6.07, 6.45) is 0. The molecule has 1 aromatic heterocycles. The Morgan fingerprint density at radius 2 is 1.84 bits per heavy atom. The van der Waals surface area contributed by atoms with Crippen molar-refractivity contribution in [2.24, 2.45) is 5.92 Å². The summed E-state index contributed by atoms with van der Waals surface area (Å²) in [5.74, 6) is 0.983. The molecule has 6 heteroatoms. The molecule has 0 saturated carbocycles. The summed E-state index contributed by atoms with van der Waals surface area (Å²) in [6, 6.07) is 0. The van der Waals surface area contributed by atoms with Crippen molar-refractivity contribution in [3.05, 3.63) is 16.8 Å². The molecule has 0 bridgehead atoms. The van der Waals surface area contributed by atoms with E-state index in [0.717, 1.165) is 32.7 Å². The molecule has 19 heavy (non-hydrogen) atoms. The number of aromatic nitrogens is 2. The first-order valence-corrected chi connectivity index (χ1v) is 7.02. The van der Waals surface area contributed by atoms with Gasteiger partial charge in [0.25, 0.3) is 0 Å². The normalized spacial score (nSPS) is 17.3. The maximum Gasteiger partial charge on any atom is 0.202 e. The second-order valence-corrected chi connectivity index (χ2v) is 5.74. The maximum atomic E-state index is 14.0. The average molecular weight is 287 g/mol. The zero-order chi connectivity index (χ0) is 14.0. The number of rotatable bonds is 3. The van der Waals surface area contributed by atoms with Gasteiger partial charge in [-0.1, -0.05) is 25.4 Å². The van der Waals surface area contributed by atoms with E-state index in [9.17, 15) is 4.39 Å². The van der Waals surface area contributed by atoms with Crippen LogP contribution in [0.2, 0.25) is 5.15 Å². The number of aryl methyl sites for hydroxylation is 1. The van der Waals surface area contributed by atoms with E-state index in [1.54, 1.807) is 6.92 Å². The van der Waals surface area contributed by atoms with Gasteiger partial charge in [-0.15, -0.1) is 0 Å². The van der Waals surface area contributed by atoms with Crippen LogP contribution in [0.4, 0.5) is 10.2 Å². The number of hydrogen-bond donors (Lipinski definition) is 0. The van der Waals surface area contributed by atoms with Crippen molar-refractivity contribution in [1.29, 1.82) is 0 Å². The molecule has 1 aliphatic rings. The molecule has 0 amide bonds. The minimum absolute atomic E-state index is 0.0906. The van der Waals surface area contributed by atoms with Gasteiger partial charge in [0, 0.05) is 32.7 Å². The molecular weight excluding hydrogens is 267 g/mol. The van der Waals surface area contributed by atoms with E-state index >= 15 is 0 Å². The summed E-state index contributed by atoms with van der Waals surface area (Å²) < 4.78 is 14.0. The molecular formula is C13H20ClFN4. The summed E-state index contributed by atoms with van der Waals surface area (Å²) in [5, 5.41) is -0.0906. The van der Waals surface area contributed by atoms with Crippen LogP contribution in [0.3, 0.4) is 0 Å². The predicted molar refractivity (Wildman–Crippen MR) is 75.2 cm³/mol. The van der Waals surface area contributed by atoms with Gasteiger partial charge in [-0.25, -0.2) is 9.97 Å². The Morgan fingerprint density at radius 1 is 1.21 bits per heavy atom. The van der Waals surface area contributed by atoms with E-state index in [2.05, 4.69) is 28.7 Å². The summed E-state index contributed by atoms with van der Waals surface area (Å²) in [7, 11) is 0. The molecule has 4 nitrogen and oxygen atoms in total. The molecule has 2 rings (SSSR count). The van der Waals surface area contributed by atoms with Crippen LogP contribution in [-0.2, 0) is 0 Å². The van der Waals surface area contributed by atoms with E-state index in [0.29, 0.717) is 17.6 Å². The minimum atomic E-state index is -0.510. The molecule has 1 saturated heterocycles. The van der Waals surface area contributed by atoms with Crippen LogP contribution in [-0.4, -0.2) is 47.6 Å². The van der Waals surface area contributed by atoms with E-state index in [1.807, 2.05) is 4.90 Å². The van der Waals surface area contributed by atoms with Crippen LogP contribution in [0.5, 0.6) is 0 Å². The largest absolute Gasteiger partial charge is 0.351 e. The SMILES string of the molecule is Cc1nc(Cl)c(F)c(N2CCN(CC(C)C)CC2)n1. The molecule has 0 spiro atoms. The highest BCUT2D eigenvalue weighted by Gasteiger charge is 2.23. The lowest BCUT2D eigenvalue weighted by Crippen LogP contribution is -2.48. The quantitative estimate of drug-likeness (QED) is 0.799. The standard InChI is InChI=1S/C13H20ClFN4/c1-9(2)8-18-4-6-19(7-5-18)13-11(15)12(14)16-10(3)17-13/h9H,4-8H2,1-3H3. The van der Waals surface area contributed by atoms with E-state index < -0.39 is 5.82 Å². The number of nitrogens with zero attached hydrogens (tertiary/aromatic N) is 4. The highest BCUT2D eigenvalue weighted by Crippen LogP contribution is 2.23. The van der Waals surface area contributed by atoms with Gasteiger partial charge in [0.15, 0.2) is 11.0 Å². The Balaban J connectivity index is 2.05. The van der Waals surface area contributed by atoms with Gasteiger partial charge in [-0.3, -0.25) is 4.90 Å². The van der Waals surface area contributed by atoms with Gasteiger partial charge in [-0.2, -0.15) is 4.39 Å². The maximum absolute atomic E-state index is 14.0. The van der Waals surface area contributed by atoms with E-state index in [1.165, 1.54) is 0 Å². The number of hydrogen-bond acceptors (Lipinski definition) is 4.